The van der Waals surface area contributed by atoms with Crippen LogP contribution in [-0.2, 0) is 4.79 Å². The molecule has 1 aliphatic rings. The Balaban J connectivity index is 2.53. The maximum Gasteiger partial charge on any atom is 0.337 e. The van der Waals surface area contributed by atoms with Gasteiger partial charge in [-0.25, -0.2) is 9.18 Å². The molecule has 0 atom stereocenters. The van der Waals surface area contributed by atoms with Gasteiger partial charge in [0.05, 0.1) is 11.3 Å². The topological polar surface area (TPSA) is 86.9 Å². The van der Waals surface area contributed by atoms with E-state index in [2.05, 4.69) is 0 Å². The fourth-order valence-electron chi connectivity index (χ4n) is 2.60. The molecule has 1 heterocycles. The van der Waals surface area contributed by atoms with Crippen molar-refractivity contribution in [1.29, 1.82) is 0 Å². The number of aromatic carboxylic acids is 1. The Kier molecular flexibility index (Phi) is 3.52. The van der Waals surface area contributed by atoms with E-state index in [1.54, 1.807) is 30.7 Å². The van der Waals surface area contributed by atoms with Crippen LogP contribution in [0, 0.1) is 5.82 Å². The first-order chi connectivity index (χ1) is 9.66. The Labute approximate surface area is 121 Å². The van der Waals surface area contributed by atoms with Gasteiger partial charge in [-0.2, -0.15) is 0 Å². The molecule has 0 spiro atoms. The largest absolute Gasteiger partial charge is 0.478 e. The third kappa shape index (κ3) is 2.39. The van der Waals surface area contributed by atoms with Gasteiger partial charge in [0.1, 0.15) is 11.4 Å². The Hall–Kier alpha value is -2.31. The Morgan fingerprint density at radius 3 is 2.57 bits per heavy atom. The predicted molar refractivity (Wildman–Crippen MR) is 76.8 cm³/mol. The van der Waals surface area contributed by atoms with Crippen molar-refractivity contribution < 1.29 is 19.1 Å². The summed E-state index contributed by atoms with van der Waals surface area (Å²) in [6, 6.07) is 2.17. The number of halogens is 1. The van der Waals surface area contributed by atoms with E-state index in [0.29, 0.717) is 13.1 Å². The van der Waals surface area contributed by atoms with Crippen LogP contribution in [0.4, 0.5) is 15.8 Å². The molecule has 7 heteroatoms. The average molecular weight is 295 g/mol. The first-order valence-electron chi connectivity index (χ1n) is 6.51. The number of nitrogens with two attached hydrogens (primary N) is 1. The number of carbonyl (C=O) groups excluding carboxylic acids is 1. The van der Waals surface area contributed by atoms with Gasteiger partial charge in [-0.1, -0.05) is 0 Å². The van der Waals surface area contributed by atoms with Crippen LogP contribution in [0.2, 0.25) is 0 Å². The van der Waals surface area contributed by atoms with E-state index in [-0.39, 0.29) is 22.8 Å². The second-order valence-electron chi connectivity index (χ2n) is 5.63. The fraction of sp³-hybridized carbons (Fsp3) is 0.429. The van der Waals surface area contributed by atoms with Gasteiger partial charge in [-0.05, 0) is 26.0 Å². The van der Waals surface area contributed by atoms with Crippen molar-refractivity contribution in [2.75, 3.05) is 30.8 Å². The molecule has 3 N–H and O–H groups in total. The Morgan fingerprint density at radius 1 is 1.38 bits per heavy atom. The van der Waals surface area contributed by atoms with Crippen molar-refractivity contribution in [2.24, 2.45) is 0 Å². The molecule has 1 saturated heterocycles. The van der Waals surface area contributed by atoms with Crippen molar-refractivity contribution >= 4 is 23.3 Å². The van der Waals surface area contributed by atoms with Crippen LogP contribution in [0.15, 0.2) is 12.1 Å². The number of carboxylic acids is 1. The Bertz CT molecular complexity index is 616. The molecule has 1 aromatic rings. The third-order valence-corrected chi connectivity index (χ3v) is 3.84. The monoisotopic (exact) mass is 295 g/mol. The van der Waals surface area contributed by atoms with Crippen LogP contribution >= 0.6 is 0 Å². The van der Waals surface area contributed by atoms with E-state index in [9.17, 15) is 14.0 Å². The van der Waals surface area contributed by atoms with E-state index in [0.717, 1.165) is 6.07 Å². The summed E-state index contributed by atoms with van der Waals surface area (Å²) in [7, 11) is 1.68. The molecule has 0 aromatic heterocycles. The minimum Gasteiger partial charge on any atom is -0.478 e. The van der Waals surface area contributed by atoms with Gasteiger partial charge < -0.3 is 20.6 Å². The zero-order valence-electron chi connectivity index (χ0n) is 12.2. The lowest BCUT2D eigenvalue weighted by molar-refractivity contribution is -0.136. The highest BCUT2D eigenvalue weighted by Crippen LogP contribution is 2.33. The molecule has 2 rings (SSSR count). The number of carboxylic acid groups (broad SMARTS) is 1. The third-order valence-electron chi connectivity index (χ3n) is 3.84. The van der Waals surface area contributed by atoms with Crippen molar-refractivity contribution in [3.63, 3.8) is 0 Å². The predicted octanol–water partition coefficient (Wildman–Crippen LogP) is 1.16. The minimum atomic E-state index is -1.23. The standard InChI is InChI=1S/C14H18FN3O3/c1-14(2)13(21)17(3)4-5-18(14)11-6-8(12(19)20)10(16)7-9(11)15/h6-7H,4-5,16H2,1-3H3,(H,19,20). The van der Waals surface area contributed by atoms with Gasteiger partial charge in [-0.15, -0.1) is 0 Å². The number of carbonyl (C=O) groups is 2. The zero-order valence-corrected chi connectivity index (χ0v) is 12.2. The number of nitrogen functional groups attached to an aromatic ring is 1. The summed E-state index contributed by atoms with van der Waals surface area (Å²) >= 11 is 0. The summed E-state index contributed by atoms with van der Waals surface area (Å²) in [5.74, 6) is -2.02. The van der Waals surface area contributed by atoms with Crippen LogP contribution < -0.4 is 10.6 Å². The molecule has 0 bridgehead atoms. The number of nitrogens with zero attached hydrogens (tertiary/aromatic N) is 2. The van der Waals surface area contributed by atoms with Crippen LogP contribution in [0.5, 0.6) is 0 Å². The smallest absolute Gasteiger partial charge is 0.337 e. The maximum absolute atomic E-state index is 14.2. The normalized spacial score (nSPS) is 18.0. The number of hydrogen-bond donors (Lipinski definition) is 2. The fourth-order valence-corrected chi connectivity index (χ4v) is 2.60. The quantitative estimate of drug-likeness (QED) is 0.800. The second-order valence-corrected chi connectivity index (χ2v) is 5.63. The van der Waals surface area contributed by atoms with Crippen molar-refractivity contribution in [1.82, 2.24) is 4.90 Å². The van der Waals surface area contributed by atoms with Gasteiger partial charge in [0, 0.05) is 25.8 Å². The van der Waals surface area contributed by atoms with Crippen molar-refractivity contribution in [3.05, 3.63) is 23.5 Å². The van der Waals surface area contributed by atoms with E-state index in [4.69, 9.17) is 10.8 Å². The zero-order chi connectivity index (χ0) is 15.9. The number of benzene rings is 1. The van der Waals surface area contributed by atoms with Gasteiger partial charge in [0.2, 0.25) is 5.91 Å². The summed E-state index contributed by atoms with van der Waals surface area (Å²) in [4.78, 5) is 26.6. The summed E-state index contributed by atoms with van der Waals surface area (Å²) in [6.45, 7) is 4.21. The molecule has 0 saturated carbocycles. The molecule has 1 fully saturated rings. The molecule has 0 aliphatic carbocycles. The number of hydrogen-bond acceptors (Lipinski definition) is 4. The first-order valence-corrected chi connectivity index (χ1v) is 6.51. The molecular formula is C14H18FN3O3. The summed E-state index contributed by atoms with van der Waals surface area (Å²) in [5.41, 5.74) is 4.33. The van der Waals surface area contributed by atoms with Crippen molar-refractivity contribution in [3.8, 4) is 0 Å². The van der Waals surface area contributed by atoms with Crippen LogP contribution in [0.25, 0.3) is 0 Å². The van der Waals surface area contributed by atoms with E-state index < -0.39 is 17.3 Å². The number of likely N-dealkylation sites (N-methyl/N-ethyl adjacent to an activating group) is 1. The number of amides is 1. The van der Waals surface area contributed by atoms with Gasteiger partial charge in [-0.3, -0.25) is 4.79 Å². The molecule has 6 nitrogen and oxygen atoms in total. The lowest BCUT2D eigenvalue weighted by Crippen LogP contribution is -2.62. The molecule has 1 aromatic carbocycles. The molecular weight excluding hydrogens is 277 g/mol. The van der Waals surface area contributed by atoms with E-state index >= 15 is 0 Å². The number of rotatable bonds is 2. The summed E-state index contributed by atoms with van der Waals surface area (Å²) in [6.07, 6.45) is 0. The van der Waals surface area contributed by atoms with Crippen molar-refractivity contribution in [2.45, 2.75) is 19.4 Å². The molecule has 0 unspecified atom stereocenters. The minimum absolute atomic E-state index is 0.0769. The highest BCUT2D eigenvalue weighted by atomic mass is 19.1. The summed E-state index contributed by atoms with van der Waals surface area (Å²) in [5, 5.41) is 9.11. The SMILES string of the molecule is CN1CCN(c2cc(C(=O)O)c(N)cc2F)C(C)(C)C1=O. The highest BCUT2D eigenvalue weighted by molar-refractivity contribution is 5.96. The Morgan fingerprint density at radius 2 is 2.00 bits per heavy atom. The highest BCUT2D eigenvalue weighted by Gasteiger charge is 2.41. The van der Waals surface area contributed by atoms with E-state index in [1.807, 2.05) is 0 Å². The molecule has 1 amide bonds. The number of piperazine rings is 1. The van der Waals surface area contributed by atoms with Gasteiger partial charge >= 0.3 is 5.97 Å². The molecule has 21 heavy (non-hydrogen) atoms. The number of anilines is 2. The lowest BCUT2D eigenvalue weighted by Gasteiger charge is -2.46. The van der Waals surface area contributed by atoms with E-state index in [1.165, 1.54) is 6.07 Å². The molecule has 0 radical (unpaired) electrons. The molecule has 1 aliphatic heterocycles. The maximum atomic E-state index is 14.2. The first kappa shape index (κ1) is 15.1. The lowest BCUT2D eigenvalue weighted by atomic mass is 9.96. The summed E-state index contributed by atoms with van der Waals surface area (Å²) < 4.78 is 14.2. The van der Waals surface area contributed by atoms with Crippen LogP contribution in [-0.4, -0.2) is 47.6 Å². The van der Waals surface area contributed by atoms with Crippen LogP contribution in [0.1, 0.15) is 24.2 Å². The van der Waals surface area contributed by atoms with Gasteiger partial charge in [0.25, 0.3) is 0 Å². The second kappa shape index (κ2) is 4.91. The average Bonchev–Trinajstić information content (AvgIpc) is 2.37. The van der Waals surface area contributed by atoms with Crippen LogP contribution in [0.3, 0.4) is 0 Å². The molecule has 114 valence electrons. The van der Waals surface area contributed by atoms with Gasteiger partial charge in [0.15, 0.2) is 0 Å².